The van der Waals surface area contributed by atoms with Gasteiger partial charge in [0.1, 0.15) is 0 Å². The highest BCUT2D eigenvalue weighted by Crippen LogP contribution is 2.26. The smallest absolute Gasteiger partial charge is 0.253 e. The van der Waals surface area contributed by atoms with E-state index in [1.54, 1.807) is 11.3 Å². The topological polar surface area (TPSA) is 41.1 Å². The van der Waals surface area contributed by atoms with Gasteiger partial charge in [0.25, 0.3) is 5.91 Å². The molecule has 3 unspecified atom stereocenters. The second-order valence-corrected chi connectivity index (χ2v) is 6.56. The van der Waals surface area contributed by atoms with Crippen molar-refractivity contribution in [1.29, 1.82) is 0 Å². The molecule has 1 saturated heterocycles. The monoisotopic (exact) mass is 324 g/mol. The first-order chi connectivity index (χ1) is 9.66. The molecular weight excluding hydrogens is 304 g/mol. The minimum absolute atomic E-state index is 0. The van der Waals surface area contributed by atoms with Gasteiger partial charge in [-0.3, -0.25) is 4.79 Å². The van der Waals surface area contributed by atoms with Gasteiger partial charge in [-0.1, -0.05) is 25.1 Å². The number of fused-ring (bicyclic) bond motifs is 1. The highest BCUT2D eigenvalue weighted by atomic mass is 35.5. The van der Waals surface area contributed by atoms with Gasteiger partial charge in [-0.05, 0) is 31.9 Å². The number of thiophene rings is 1. The Bertz CT molecular complexity index is 618. The molecule has 2 N–H and O–H groups in total. The van der Waals surface area contributed by atoms with Gasteiger partial charge in [0.05, 0.1) is 5.56 Å². The summed E-state index contributed by atoms with van der Waals surface area (Å²) in [6.45, 7) is 5.40. The number of piperidine rings is 1. The fraction of sp³-hybridized carbons (Fsp3) is 0.438. The lowest BCUT2D eigenvalue weighted by molar-refractivity contribution is 0.0899. The summed E-state index contributed by atoms with van der Waals surface area (Å²) in [4.78, 5) is 12.5. The van der Waals surface area contributed by atoms with Crippen molar-refractivity contribution in [3.05, 3.63) is 35.2 Å². The van der Waals surface area contributed by atoms with Gasteiger partial charge in [0.15, 0.2) is 0 Å². The Kier molecular flexibility index (Phi) is 5.25. The fourth-order valence-corrected chi connectivity index (χ4v) is 3.93. The Labute approximate surface area is 135 Å². The van der Waals surface area contributed by atoms with E-state index in [0.29, 0.717) is 12.0 Å². The number of nitrogens with one attached hydrogen (secondary N) is 2. The predicted molar refractivity (Wildman–Crippen MR) is 91.6 cm³/mol. The Hall–Kier alpha value is -1.10. The average molecular weight is 325 g/mol. The van der Waals surface area contributed by atoms with Crippen LogP contribution in [0.5, 0.6) is 0 Å². The zero-order valence-electron chi connectivity index (χ0n) is 12.3. The molecule has 2 heterocycles. The summed E-state index contributed by atoms with van der Waals surface area (Å²) >= 11 is 1.63. The zero-order chi connectivity index (χ0) is 14.1. The zero-order valence-corrected chi connectivity index (χ0v) is 13.9. The van der Waals surface area contributed by atoms with Crippen LogP contribution >= 0.6 is 23.7 Å². The maximum Gasteiger partial charge on any atom is 0.253 e. The largest absolute Gasteiger partial charge is 0.347 e. The second-order valence-electron chi connectivity index (χ2n) is 5.65. The van der Waals surface area contributed by atoms with Crippen LogP contribution in [0.25, 0.3) is 10.1 Å². The van der Waals surface area contributed by atoms with Crippen LogP contribution in [0.4, 0.5) is 0 Å². The van der Waals surface area contributed by atoms with Crippen LogP contribution in [0.1, 0.15) is 30.6 Å². The van der Waals surface area contributed by atoms with Crippen LogP contribution in [0, 0.1) is 5.92 Å². The minimum atomic E-state index is 0. The highest BCUT2D eigenvalue weighted by Gasteiger charge is 2.29. The molecule has 0 saturated carbocycles. The second kappa shape index (κ2) is 6.77. The Morgan fingerprint density at radius 2 is 2.10 bits per heavy atom. The lowest BCUT2D eigenvalue weighted by Crippen LogP contribution is -2.55. The van der Waals surface area contributed by atoms with E-state index in [2.05, 4.69) is 30.5 Å². The van der Waals surface area contributed by atoms with Crippen LogP contribution in [-0.2, 0) is 0 Å². The number of rotatable bonds is 2. The maximum atomic E-state index is 12.5. The van der Waals surface area contributed by atoms with Crippen LogP contribution < -0.4 is 10.6 Å². The Morgan fingerprint density at radius 3 is 2.86 bits per heavy atom. The van der Waals surface area contributed by atoms with Crippen molar-refractivity contribution in [1.82, 2.24) is 10.6 Å². The standard InChI is InChI=1S/C16H20N2OS.ClH/c1-10-7-8-17-11(2)15(10)18-16(19)13-9-20-14-6-4-3-5-12(13)14;/h3-6,9-11,15,17H,7-8H2,1-2H3,(H,18,19);1H. The third kappa shape index (κ3) is 3.23. The number of carbonyl (C=O) groups is 1. The predicted octanol–water partition coefficient (Wildman–Crippen LogP) is 3.44. The van der Waals surface area contributed by atoms with Crippen molar-refractivity contribution >= 4 is 39.7 Å². The van der Waals surface area contributed by atoms with Crippen LogP contribution in [0.15, 0.2) is 29.6 Å². The number of hydrogen-bond donors (Lipinski definition) is 2. The lowest BCUT2D eigenvalue weighted by Gasteiger charge is -2.35. The van der Waals surface area contributed by atoms with Crippen molar-refractivity contribution in [2.45, 2.75) is 32.4 Å². The maximum absolute atomic E-state index is 12.5. The molecule has 21 heavy (non-hydrogen) atoms. The number of amides is 1. The quantitative estimate of drug-likeness (QED) is 0.888. The molecule has 0 radical (unpaired) electrons. The van der Waals surface area contributed by atoms with Crippen molar-refractivity contribution in [2.75, 3.05) is 6.54 Å². The number of halogens is 1. The summed E-state index contributed by atoms with van der Waals surface area (Å²) in [5.41, 5.74) is 0.801. The minimum Gasteiger partial charge on any atom is -0.347 e. The van der Waals surface area contributed by atoms with Gasteiger partial charge in [-0.2, -0.15) is 0 Å². The molecule has 0 bridgehead atoms. The molecule has 2 aromatic rings. The van der Waals surface area contributed by atoms with Gasteiger partial charge in [0.2, 0.25) is 0 Å². The van der Waals surface area contributed by atoms with Gasteiger partial charge < -0.3 is 10.6 Å². The van der Waals surface area contributed by atoms with Crippen molar-refractivity contribution < 1.29 is 4.79 Å². The molecule has 5 heteroatoms. The molecule has 1 aliphatic rings. The van der Waals surface area contributed by atoms with Crippen molar-refractivity contribution in [3.8, 4) is 0 Å². The van der Waals surface area contributed by atoms with E-state index < -0.39 is 0 Å². The number of hydrogen-bond acceptors (Lipinski definition) is 3. The third-order valence-electron chi connectivity index (χ3n) is 4.24. The molecule has 1 aromatic heterocycles. The summed E-state index contributed by atoms with van der Waals surface area (Å²) in [5.74, 6) is 0.565. The SMILES string of the molecule is CC1CCNC(C)C1NC(=O)c1csc2ccccc12.Cl. The number of carbonyl (C=O) groups excluding carboxylic acids is 1. The van der Waals surface area contributed by atoms with Crippen LogP contribution in [0.3, 0.4) is 0 Å². The van der Waals surface area contributed by atoms with Crippen molar-refractivity contribution in [3.63, 3.8) is 0 Å². The van der Waals surface area contributed by atoms with Gasteiger partial charge in [-0.25, -0.2) is 0 Å². The molecule has 1 amide bonds. The van der Waals surface area contributed by atoms with Crippen molar-refractivity contribution in [2.24, 2.45) is 5.92 Å². The highest BCUT2D eigenvalue weighted by molar-refractivity contribution is 7.17. The molecule has 0 spiro atoms. The first-order valence-electron chi connectivity index (χ1n) is 7.17. The summed E-state index contributed by atoms with van der Waals surface area (Å²) in [6.07, 6.45) is 1.11. The molecule has 3 rings (SSSR count). The van der Waals surface area contributed by atoms with E-state index in [9.17, 15) is 4.79 Å². The average Bonchev–Trinajstić information content (AvgIpc) is 2.87. The van der Waals surface area contributed by atoms with E-state index in [0.717, 1.165) is 23.9 Å². The summed E-state index contributed by atoms with van der Waals surface area (Å²) in [5, 5.41) is 9.67. The Morgan fingerprint density at radius 1 is 1.33 bits per heavy atom. The molecular formula is C16H21ClN2OS. The molecule has 0 aliphatic carbocycles. The van der Waals surface area contributed by atoms with E-state index in [-0.39, 0.29) is 24.4 Å². The number of benzene rings is 1. The molecule has 1 aromatic carbocycles. The van der Waals surface area contributed by atoms with E-state index >= 15 is 0 Å². The summed E-state index contributed by atoms with van der Waals surface area (Å²) in [7, 11) is 0. The normalized spacial score (nSPS) is 25.3. The van der Waals surface area contributed by atoms with Crippen LogP contribution in [-0.4, -0.2) is 24.5 Å². The molecule has 3 nitrogen and oxygen atoms in total. The third-order valence-corrected chi connectivity index (χ3v) is 5.20. The van der Waals surface area contributed by atoms with E-state index in [1.807, 2.05) is 23.6 Å². The fourth-order valence-electron chi connectivity index (χ4n) is 2.99. The Balaban J connectivity index is 0.00000161. The van der Waals surface area contributed by atoms with Crippen LogP contribution in [0.2, 0.25) is 0 Å². The summed E-state index contributed by atoms with van der Waals surface area (Å²) < 4.78 is 1.17. The molecule has 1 fully saturated rings. The lowest BCUT2D eigenvalue weighted by atomic mass is 9.89. The van der Waals surface area contributed by atoms with Gasteiger partial charge >= 0.3 is 0 Å². The molecule has 1 aliphatic heterocycles. The summed E-state index contributed by atoms with van der Waals surface area (Å²) in [6, 6.07) is 8.61. The first-order valence-corrected chi connectivity index (χ1v) is 8.05. The van der Waals surface area contributed by atoms with E-state index in [4.69, 9.17) is 0 Å². The molecule has 114 valence electrons. The molecule has 3 atom stereocenters. The van der Waals surface area contributed by atoms with Gasteiger partial charge in [-0.15, -0.1) is 23.7 Å². The van der Waals surface area contributed by atoms with Gasteiger partial charge in [0, 0.05) is 27.5 Å². The van der Waals surface area contributed by atoms with E-state index in [1.165, 1.54) is 4.70 Å². The first kappa shape index (κ1) is 16.3.